The van der Waals surface area contributed by atoms with Gasteiger partial charge < -0.3 is 14.4 Å². The Morgan fingerprint density at radius 2 is 1.67 bits per heavy atom. The van der Waals surface area contributed by atoms with E-state index < -0.39 is 13.6 Å². The van der Waals surface area contributed by atoms with Crippen LogP contribution in [0.5, 0.6) is 0 Å². The summed E-state index contributed by atoms with van der Waals surface area (Å²) >= 11 is 0. The van der Waals surface area contributed by atoms with Gasteiger partial charge in [0.2, 0.25) is 5.91 Å². The first-order chi connectivity index (χ1) is 14.5. The van der Waals surface area contributed by atoms with E-state index in [1.165, 1.54) is 19.1 Å². The van der Waals surface area contributed by atoms with Crippen molar-refractivity contribution in [2.75, 3.05) is 14.2 Å². The summed E-state index contributed by atoms with van der Waals surface area (Å²) in [5.41, 5.74) is 2.72. The van der Waals surface area contributed by atoms with E-state index in [1.807, 2.05) is 60.7 Å². The number of carbonyl (C=O) groups excluding carboxylic acids is 2. The molecule has 0 aliphatic carbocycles. The summed E-state index contributed by atoms with van der Waals surface area (Å²) in [5.74, 6) is -0.535. The van der Waals surface area contributed by atoms with Gasteiger partial charge in [0.15, 0.2) is 0 Å². The fourth-order valence-electron chi connectivity index (χ4n) is 4.06. The summed E-state index contributed by atoms with van der Waals surface area (Å²) in [7, 11) is -1.07. The highest BCUT2D eigenvalue weighted by atomic mass is 31.2. The van der Waals surface area contributed by atoms with Crippen molar-refractivity contribution in [2.45, 2.75) is 24.9 Å². The Morgan fingerprint density at radius 1 is 1.07 bits per heavy atom. The molecule has 2 aliphatic heterocycles. The molecule has 2 heterocycles. The number of nitrogens with one attached hydrogen (secondary N) is 1. The summed E-state index contributed by atoms with van der Waals surface area (Å²) < 4.78 is 23.7. The van der Waals surface area contributed by atoms with E-state index in [0.717, 1.165) is 16.7 Å². The Balaban J connectivity index is 1.59. The van der Waals surface area contributed by atoms with Gasteiger partial charge in [-0.05, 0) is 23.1 Å². The largest absolute Gasteiger partial charge is 0.377 e. The maximum atomic E-state index is 13.3. The Bertz CT molecular complexity index is 1030. The van der Waals surface area contributed by atoms with Gasteiger partial charge in [0.1, 0.15) is 11.5 Å². The van der Waals surface area contributed by atoms with E-state index in [9.17, 15) is 14.2 Å². The number of benzene rings is 2. The van der Waals surface area contributed by atoms with Crippen molar-refractivity contribution in [3.05, 3.63) is 77.2 Å². The molecule has 0 radical (unpaired) electrons. The fourth-order valence-corrected chi connectivity index (χ4v) is 5.61. The van der Waals surface area contributed by atoms with Gasteiger partial charge >= 0.3 is 7.60 Å². The maximum absolute atomic E-state index is 13.3. The lowest BCUT2D eigenvalue weighted by molar-refractivity contribution is -0.148. The highest BCUT2D eigenvalue weighted by Crippen LogP contribution is 2.63. The summed E-state index contributed by atoms with van der Waals surface area (Å²) in [6, 6.07) is 17.8. The van der Waals surface area contributed by atoms with Crippen molar-refractivity contribution in [3.63, 3.8) is 0 Å². The van der Waals surface area contributed by atoms with Gasteiger partial charge in [-0.2, -0.15) is 0 Å². The number of rotatable bonds is 7. The first-order valence-electron chi connectivity index (χ1n) is 9.65. The second kappa shape index (κ2) is 8.19. The van der Waals surface area contributed by atoms with Crippen molar-refractivity contribution in [1.29, 1.82) is 0 Å². The van der Waals surface area contributed by atoms with E-state index in [4.69, 9.17) is 9.05 Å². The van der Waals surface area contributed by atoms with Gasteiger partial charge in [-0.3, -0.25) is 19.1 Å². The predicted molar refractivity (Wildman–Crippen MR) is 112 cm³/mol. The van der Waals surface area contributed by atoms with Crippen LogP contribution in [0.25, 0.3) is 5.57 Å². The second-order valence-corrected chi connectivity index (χ2v) is 9.37. The van der Waals surface area contributed by atoms with E-state index in [2.05, 4.69) is 5.32 Å². The van der Waals surface area contributed by atoms with Crippen molar-refractivity contribution < 1.29 is 23.2 Å². The number of nitrogens with zero attached hydrogens (tertiary/aromatic N) is 1. The number of amides is 2. The van der Waals surface area contributed by atoms with Crippen molar-refractivity contribution in [1.82, 2.24) is 10.2 Å². The van der Waals surface area contributed by atoms with Crippen LogP contribution in [0.1, 0.15) is 17.5 Å². The smallest absolute Gasteiger partial charge is 0.342 e. The molecule has 0 aromatic heterocycles. The summed E-state index contributed by atoms with van der Waals surface area (Å²) in [6.45, 7) is 0. The Hall–Kier alpha value is -2.73. The molecule has 4 rings (SSSR count). The Labute approximate surface area is 175 Å². The molecular weight excluding hydrogens is 403 g/mol. The summed E-state index contributed by atoms with van der Waals surface area (Å²) in [6.07, 6.45) is 0.649. The van der Waals surface area contributed by atoms with Gasteiger partial charge in [0, 0.05) is 14.2 Å². The van der Waals surface area contributed by atoms with Crippen LogP contribution < -0.4 is 5.32 Å². The second-order valence-electron chi connectivity index (χ2n) is 7.22. The van der Waals surface area contributed by atoms with Gasteiger partial charge in [-0.15, -0.1) is 0 Å². The van der Waals surface area contributed by atoms with Crippen LogP contribution in [-0.4, -0.2) is 43.0 Å². The third kappa shape index (κ3) is 3.49. The number of fused-ring (bicyclic) bond motifs is 1. The van der Waals surface area contributed by atoms with Crippen LogP contribution >= 0.6 is 7.60 Å². The monoisotopic (exact) mass is 426 g/mol. The van der Waals surface area contributed by atoms with Gasteiger partial charge in [0.25, 0.3) is 5.91 Å². The van der Waals surface area contributed by atoms with E-state index >= 15 is 0 Å². The lowest BCUT2D eigenvalue weighted by Crippen LogP contribution is -2.68. The molecule has 0 saturated carbocycles. The van der Waals surface area contributed by atoms with Crippen LogP contribution in [0, 0.1) is 0 Å². The molecule has 0 spiro atoms. The van der Waals surface area contributed by atoms with E-state index in [1.54, 1.807) is 0 Å². The van der Waals surface area contributed by atoms with Crippen LogP contribution in [0.2, 0.25) is 0 Å². The minimum Gasteiger partial charge on any atom is -0.342 e. The first kappa shape index (κ1) is 20.5. The van der Waals surface area contributed by atoms with Gasteiger partial charge in [-0.1, -0.05) is 60.7 Å². The number of hydrogen-bond acceptors (Lipinski definition) is 5. The molecule has 2 aromatic rings. The molecule has 0 bridgehead atoms. The van der Waals surface area contributed by atoms with Crippen LogP contribution in [0.4, 0.5) is 0 Å². The van der Waals surface area contributed by atoms with Crippen molar-refractivity contribution in [3.8, 4) is 0 Å². The van der Waals surface area contributed by atoms with Crippen LogP contribution in [0.15, 0.2) is 66.1 Å². The molecule has 2 amide bonds. The molecule has 2 aliphatic rings. The molecule has 8 heteroatoms. The summed E-state index contributed by atoms with van der Waals surface area (Å²) in [4.78, 5) is 26.9. The normalized spacial score (nSPS) is 20.7. The van der Waals surface area contributed by atoms with E-state index in [-0.39, 0.29) is 29.7 Å². The molecule has 2 atom stereocenters. The Morgan fingerprint density at radius 3 is 2.27 bits per heavy atom. The predicted octanol–water partition coefficient (Wildman–Crippen LogP) is 3.18. The lowest BCUT2D eigenvalue weighted by Gasteiger charge is -2.44. The highest BCUT2D eigenvalue weighted by Gasteiger charge is 2.58. The van der Waals surface area contributed by atoms with Crippen LogP contribution in [0.3, 0.4) is 0 Å². The topological polar surface area (TPSA) is 84.9 Å². The van der Waals surface area contributed by atoms with E-state index in [0.29, 0.717) is 6.42 Å². The number of carbonyl (C=O) groups is 2. The third-order valence-electron chi connectivity index (χ3n) is 5.52. The van der Waals surface area contributed by atoms with Crippen molar-refractivity contribution in [2.24, 2.45) is 0 Å². The minimum atomic E-state index is -3.67. The number of hydrogen-bond donors (Lipinski definition) is 1. The first-order valence-corrected chi connectivity index (χ1v) is 11.2. The average molecular weight is 426 g/mol. The fraction of sp³-hybridized carbons (Fsp3) is 0.273. The standard InChI is InChI=1S/C22H23N2O5P/c1-28-30(27,29-2)22-17(16-11-7-4-8-12-16)14-18-20(21(26)24(18)22)23-19(25)13-15-9-5-3-6-10-15/h3-12,18,20H,13-14H2,1-2H3,(H,23,25)/t18-,20-/m1/s1. The SMILES string of the molecule is COP(=O)(OC)C1=C(c2ccccc2)C[C@@H]2[C@@H](NC(=O)Cc3ccccc3)C(=O)N12. The van der Waals surface area contributed by atoms with Gasteiger partial charge in [0.05, 0.1) is 12.5 Å². The highest BCUT2D eigenvalue weighted by molar-refractivity contribution is 7.58. The summed E-state index contributed by atoms with van der Waals surface area (Å²) in [5, 5.41) is 2.84. The average Bonchev–Trinajstić information content (AvgIpc) is 3.15. The molecule has 1 fully saturated rings. The molecule has 30 heavy (non-hydrogen) atoms. The Kier molecular flexibility index (Phi) is 5.60. The molecular formula is C22H23N2O5P. The number of β-lactam (4-membered cyclic amide) rings is 1. The molecule has 0 unspecified atom stereocenters. The minimum absolute atomic E-state index is 0.192. The van der Waals surface area contributed by atoms with Crippen molar-refractivity contribution >= 4 is 25.0 Å². The molecule has 2 aromatic carbocycles. The molecule has 1 saturated heterocycles. The maximum Gasteiger partial charge on any atom is 0.377 e. The molecule has 7 nitrogen and oxygen atoms in total. The van der Waals surface area contributed by atoms with Crippen LogP contribution in [-0.2, 0) is 29.6 Å². The zero-order valence-corrected chi connectivity index (χ0v) is 17.7. The molecule has 156 valence electrons. The lowest BCUT2D eigenvalue weighted by atomic mass is 9.92. The zero-order valence-electron chi connectivity index (χ0n) is 16.8. The quantitative estimate of drug-likeness (QED) is 0.543. The van der Waals surface area contributed by atoms with Gasteiger partial charge in [-0.25, -0.2) is 0 Å². The third-order valence-corrected chi connectivity index (χ3v) is 7.48. The zero-order chi connectivity index (χ0) is 21.3. The molecule has 1 N–H and O–H groups in total.